The summed E-state index contributed by atoms with van der Waals surface area (Å²) in [7, 11) is 0. The Bertz CT molecular complexity index is 1280. The fourth-order valence-corrected chi connectivity index (χ4v) is 3.61. The summed E-state index contributed by atoms with van der Waals surface area (Å²) in [6.07, 6.45) is 4.82. The van der Waals surface area contributed by atoms with E-state index in [9.17, 15) is 9.18 Å². The Morgan fingerprint density at radius 3 is 2.72 bits per heavy atom. The summed E-state index contributed by atoms with van der Waals surface area (Å²) in [5.41, 5.74) is 8.99. The minimum atomic E-state index is -0.280. The van der Waals surface area contributed by atoms with Gasteiger partial charge in [0, 0.05) is 24.8 Å². The van der Waals surface area contributed by atoms with Crippen molar-refractivity contribution in [3.05, 3.63) is 89.6 Å². The Morgan fingerprint density at radius 2 is 1.92 bits per heavy atom. The van der Waals surface area contributed by atoms with Crippen molar-refractivity contribution in [3.8, 4) is 11.3 Å². The molecule has 0 atom stereocenters. The van der Waals surface area contributed by atoms with Crippen LogP contribution in [-0.2, 0) is 13.0 Å². The number of carbonyl (C=O) groups excluding carboxylic acids is 1. The van der Waals surface area contributed by atoms with Gasteiger partial charge >= 0.3 is 0 Å². The summed E-state index contributed by atoms with van der Waals surface area (Å²) in [4.78, 5) is 22.3. The van der Waals surface area contributed by atoms with Gasteiger partial charge < -0.3 is 21.7 Å². The molecule has 3 aromatic heterocycles. The van der Waals surface area contributed by atoms with E-state index in [1.54, 1.807) is 30.6 Å². The first-order chi connectivity index (χ1) is 17.6. The number of nitrogens with zero attached hydrogens (tertiary/aromatic N) is 3. The molecule has 0 aliphatic heterocycles. The summed E-state index contributed by atoms with van der Waals surface area (Å²) in [5.74, 6) is 0.617. The van der Waals surface area contributed by atoms with Gasteiger partial charge in [-0.05, 0) is 61.3 Å². The van der Waals surface area contributed by atoms with E-state index in [0.29, 0.717) is 36.6 Å². The molecular weight excluding hydrogens is 459 g/mol. The summed E-state index contributed by atoms with van der Waals surface area (Å²) in [5, 5.41) is 16.1. The van der Waals surface area contributed by atoms with E-state index in [0.717, 1.165) is 35.6 Å². The number of aromatic nitrogens is 4. The highest BCUT2D eigenvalue weighted by Gasteiger charge is 2.15. The molecule has 0 saturated heterocycles. The van der Waals surface area contributed by atoms with Gasteiger partial charge in [-0.15, -0.1) is 0 Å². The van der Waals surface area contributed by atoms with E-state index in [-0.39, 0.29) is 18.3 Å². The SMILES string of the molecule is NCCCNc1cccc(CNC(=O)c2ccc(-c3cn[nH]c3)nc2NCCc2cccc(F)c2)n1. The molecule has 186 valence electrons. The molecule has 9 nitrogen and oxygen atoms in total. The Balaban J connectivity index is 1.45. The van der Waals surface area contributed by atoms with Crippen LogP contribution in [0.1, 0.15) is 28.0 Å². The molecular formula is C26H29FN8O. The summed E-state index contributed by atoms with van der Waals surface area (Å²) in [6, 6.07) is 15.6. The first kappa shape index (κ1) is 24.8. The lowest BCUT2D eigenvalue weighted by molar-refractivity contribution is 0.0951. The van der Waals surface area contributed by atoms with Crippen LogP contribution in [0.15, 0.2) is 67.0 Å². The number of hydrogen-bond donors (Lipinski definition) is 5. The van der Waals surface area contributed by atoms with Crippen molar-refractivity contribution in [2.24, 2.45) is 5.73 Å². The maximum atomic E-state index is 13.5. The maximum Gasteiger partial charge on any atom is 0.255 e. The van der Waals surface area contributed by atoms with Gasteiger partial charge in [-0.25, -0.2) is 14.4 Å². The van der Waals surface area contributed by atoms with Crippen LogP contribution in [0.25, 0.3) is 11.3 Å². The smallest absolute Gasteiger partial charge is 0.255 e. The van der Waals surface area contributed by atoms with E-state index in [1.165, 1.54) is 12.1 Å². The standard InChI is InChI=1S/C26H29FN8O/c27-20-5-1-4-18(14-20)10-13-30-25-22(8-9-23(35-25)19-15-32-33-16-19)26(36)31-17-21-6-2-7-24(34-21)29-12-3-11-28/h1-2,4-9,14-16H,3,10-13,17,28H2,(H,29,34)(H,30,35)(H,31,36)(H,32,33). The predicted molar refractivity (Wildman–Crippen MR) is 138 cm³/mol. The first-order valence-electron chi connectivity index (χ1n) is 11.8. The van der Waals surface area contributed by atoms with Gasteiger partial charge in [0.15, 0.2) is 0 Å². The van der Waals surface area contributed by atoms with Gasteiger partial charge in [0.1, 0.15) is 17.5 Å². The van der Waals surface area contributed by atoms with Crippen LogP contribution in [0.4, 0.5) is 16.0 Å². The van der Waals surface area contributed by atoms with Crippen LogP contribution in [-0.4, -0.2) is 45.7 Å². The van der Waals surface area contributed by atoms with Crippen LogP contribution >= 0.6 is 0 Å². The molecule has 1 amide bonds. The molecule has 3 heterocycles. The molecule has 0 aliphatic rings. The molecule has 0 saturated carbocycles. The van der Waals surface area contributed by atoms with Crippen LogP contribution < -0.4 is 21.7 Å². The molecule has 0 bridgehead atoms. The number of halogens is 1. The number of benzene rings is 1. The van der Waals surface area contributed by atoms with Gasteiger partial charge in [-0.2, -0.15) is 5.10 Å². The number of aromatic amines is 1. The van der Waals surface area contributed by atoms with Gasteiger partial charge in [-0.1, -0.05) is 18.2 Å². The largest absolute Gasteiger partial charge is 0.370 e. The van der Waals surface area contributed by atoms with Crippen molar-refractivity contribution in [2.45, 2.75) is 19.4 Å². The average Bonchev–Trinajstić information content (AvgIpc) is 3.43. The molecule has 10 heteroatoms. The highest BCUT2D eigenvalue weighted by atomic mass is 19.1. The van der Waals surface area contributed by atoms with Crippen LogP contribution in [0.2, 0.25) is 0 Å². The molecule has 0 fully saturated rings. The topological polar surface area (TPSA) is 134 Å². The van der Waals surface area contributed by atoms with Crippen molar-refractivity contribution in [2.75, 3.05) is 30.3 Å². The number of nitrogens with two attached hydrogens (primary N) is 1. The van der Waals surface area contributed by atoms with Gasteiger partial charge in [-0.3, -0.25) is 9.89 Å². The quantitative estimate of drug-likeness (QED) is 0.193. The summed E-state index contributed by atoms with van der Waals surface area (Å²) in [6.45, 7) is 2.08. The Morgan fingerprint density at radius 1 is 1.03 bits per heavy atom. The molecule has 0 unspecified atom stereocenters. The lowest BCUT2D eigenvalue weighted by Crippen LogP contribution is -2.25. The van der Waals surface area contributed by atoms with Crippen LogP contribution in [0.3, 0.4) is 0 Å². The monoisotopic (exact) mass is 488 g/mol. The van der Waals surface area contributed by atoms with E-state index in [1.807, 2.05) is 24.3 Å². The highest BCUT2D eigenvalue weighted by Crippen LogP contribution is 2.21. The number of carbonyl (C=O) groups is 1. The number of nitrogens with one attached hydrogen (secondary N) is 4. The Hall–Kier alpha value is -4.31. The second-order valence-electron chi connectivity index (χ2n) is 8.15. The fraction of sp³-hybridized carbons (Fsp3) is 0.231. The number of anilines is 2. The lowest BCUT2D eigenvalue weighted by atomic mass is 10.1. The van der Waals surface area contributed by atoms with E-state index < -0.39 is 0 Å². The number of hydrogen-bond acceptors (Lipinski definition) is 7. The van der Waals surface area contributed by atoms with Crippen LogP contribution in [0, 0.1) is 5.82 Å². The second-order valence-corrected chi connectivity index (χ2v) is 8.15. The summed E-state index contributed by atoms with van der Waals surface area (Å²) < 4.78 is 13.5. The third-order valence-electron chi connectivity index (χ3n) is 5.45. The van der Waals surface area contributed by atoms with Gasteiger partial charge in [0.2, 0.25) is 0 Å². The molecule has 1 aromatic carbocycles. The summed E-state index contributed by atoms with van der Waals surface area (Å²) >= 11 is 0. The molecule has 0 spiro atoms. The van der Waals surface area contributed by atoms with Crippen molar-refractivity contribution in [1.82, 2.24) is 25.5 Å². The third kappa shape index (κ3) is 6.86. The average molecular weight is 489 g/mol. The van der Waals surface area contributed by atoms with Crippen molar-refractivity contribution < 1.29 is 9.18 Å². The van der Waals surface area contributed by atoms with E-state index in [4.69, 9.17) is 5.73 Å². The molecule has 0 radical (unpaired) electrons. The Kier molecular flexibility index (Phi) is 8.55. The third-order valence-corrected chi connectivity index (χ3v) is 5.45. The zero-order valence-electron chi connectivity index (χ0n) is 19.8. The highest BCUT2D eigenvalue weighted by molar-refractivity contribution is 5.99. The van der Waals surface area contributed by atoms with Crippen molar-refractivity contribution >= 4 is 17.5 Å². The van der Waals surface area contributed by atoms with Gasteiger partial charge in [0.05, 0.1) is 29.7 Å². The second kappa shape index (κ2) is 12.4. The predicted octanol–water partition coefficient (Wildman–Crippen LogP) is 3.35. The number of rotatable bonds is 12. The van der Waals surface area contributed by atoms with Crippen LogP contribution in [0.5, 0.6) is 0 Å². The normalized spacial score (nSPS) is 10.7. The number of H-pyrrole nitrogens is 1. The molecule has 0 aliphatic carbocycles. The molecule has 4 rings (SSSR count). The van der Waals surface area contributed by atoms with Crippen molar-refractivity contribution in [1.29, 1.82) is 0 Å². The number of amides is 1. The molecule has 4 aromatic rings. The fourth-order valence-electron chi connectivity index (χ4n) is 3.61. The zero-order valence-corrected chi connectivity index (χ0v) is 19.8. The minimum Gasteiger partial charge on any atom is -0.370 e. The van der Waals surface area contributed by atoms with E-state index in [2.05, 4.69) is 36.1 Å². The lowest BCUT2D eigenvalue weighted by Gasteiger charge is -2.13. The minimum absolute atomic E-state index is 0.261. The maximum absolute atomic E-state index is 13.5. The molecule has 6 N–H and O–H groups in total. The van der Waals surface area contributed by atoms with Crippen molar-refractivity contribution in [3.63, 3.8) is 0 Å². The number of pyridine rings is 2. The van der Waals surface area contributed by atoms with Gasteiger partial charge in [0.25, 0.3) is 5.91 Å². The molecule has 36 heavy (non-hydrogen) atoms. The van der Waals surface area contributed by atoms with E-state index >= 15 is 0 Å². The Labute approximate surface area is 208 Å². The zero-order chi connectivity index (χ0) is 25.2. The first-order valence-corrected chi connectivity index (χ1v) is 11.8.